The average molecular weight is 285 g/mol. The van der Waals surface area contributed by atoms with Crippen molar-refractivity contribution in [2.75, 3.05) is 0 Å². The number of aliphatic hydroxyl groups excluding tert-OH is 1. The molecule has 2 heteroatoms. The van der Waals surface area contributed by atoms with Gasteiger partial charge in [0.05, 0.1) is 6.10 Å². The molecule has 0 saturated carbocycles. The number of rotatable bonds is 5. The van der Waals surface area contributed by atoms with Gasteiger partial charge in [-0.25, -0.2) is 0 Å². The van der Waals surface area contributed by atoms with Crippen molar-refractivity contribution >= 4 is 15.9 Å². The van der Waals surface area contributed by atoms with E-state index < -0.39 is 0 Å². The van der Waals surface area contributed by atoms with Crippen molar-refractivity contribution in [2.24, 2.45) is 5.92 Å². The molecule has 1 N–H and O–H groups in total. The van der Waals surface area contributed by atoms with Crippen LogP contribution in [0.3, 0.4) is 0 Å². The highest BCUT2D eigenvalue weighted by atomic mass is 79.9. The lowest BCUT2D eigenvalue weighted by molar-refractivity contribution is 0.144. The standard InChI is InChI=1S/C14H21BrO/c1-4-5-10(2)8-14(16)13-9-12(15)7-6-11(13)3/h6-7,9-10,14,16H,4-5,8H2,1-3H3. The third-order valence-electron chi connectivity index (χ3n) is 3.01. The molecular formula is C14H21BrO. The molecule has 1 aromatic rings. The lowest BCUT2D eigenvalue weighted by Gasteiger charge is -2.18. The Morgan fingerprint density at radius 1 is 1.38 bits per heavy atom. The normalized spacial score (nSPS) is 14.8. The van der Waals surface area contributed by atoms with Gasteiger partial charge in [-0.1, -0.05) is 48.7 Å². The van der Waals surface area contributed by atoms with E-state index in [1.54, 1.807) is 0 Å². The van der Waals surface area contributed by atoms with E-state index in [2.05, 4.69) is 36.7 Å². The van der Waals surface area contributed by atoms with Gasteiger partial charge in [-0.2, -0.15) is 0 Å². The fourth-order valence-electron chi connectivity index (χ4n) is 2.09. The van der Waals surface area contributed by atoms with Crippen molar-refractivity contribution in [3.05, 3.63) is 33.8 Å². The molecule has 0 aromatic heterocycles. The third-order valence-corrected chi connectivity index (χ3v) is 3.50. The van der Waals surface area contributed by atoms with E-state index in [1.165, 1.54) is 18.4 Å². The van der Waals surface area contributed by atoms with E-state index in [0.29, 0.717) is 5.92 Å². The Morgan fingerprint density at radius 3 is 2.69 bits per heavy atom. The average Bonchev–Trinajstić information content (AvgIpc) is 2.21. The molecular weight excluding hydrogens is 264 g/mol. The Balaban J connectivity index is 2.72. The van der Waals surface area contributed by atoms with Gasteiger partial charge in [0, 0.05) is 4.47 Å². The van der Waals surface area contributed by atoms with Gasteiger partial charge in [0.2, 0.25) is 0 Å². The summed E-state index contributed by atoms with van der Waals surface area (Å²) in [5, 5.41) is 10.2. The van der Waals surface area contributed by atoms with Gasteiger partial charge in [-0.3, -0.25) is 0 Å². The number of hydrogen-bond donors (Lipinski definition) is 1. The fourth-order valence-corrected chi connectivity index (χ4v) is 2.47. The van der Waals surface area contributed by atoms with Crippen molar-refractivity contribution in [2.45, 2.75) is 46.1 Å². The highest BCUT2D eigenvalue weighted by molar-refractivity contribution is 9.10. The molecule has 0 radical (unpaired) electrons. The molecule has 90 valence electrons. The van der Waals surface area contributed by atoms with Crippen molar-refractivity contribution in [1.82, 2.24) is 0 Å². The molecule has 1 rings (SSSR count). The highest BCUT2D eigenvalue weighted by Crippen LogP contribution is 2.28. The summed E-state index contributed by atoms with van der Waals surface area (Å²) in [6.45, 7) is 6.45. The molecule has 0 fully saturated rings. The van der Waals surface area contributed by atoms with Crippen LogP contribution in [0.15, 0.2) is 22.7 Å². The quantitative estimate of drug-likeness (QED) is 0.837. The largest absolute Gasteiger partial charge is 0.388 e. The van der Waals surface area contributed by atoms with Crippen LogP contribution in [0, 0.1) is 12.8 Å². The smallest absolute Gasteiger partial charge is 0.0795 e. The van der Waals surface area contributed by atoms with Crippen LogP contribution in [0.5, 0.6) is 0 Å². The van der Waals surface area contributed by atoms with Gasteiger partial charge >= 0.3 is 0 Å². The number of benzene rings is 1. The fraction of sp³-hybridized carbons (Fsp3) is 0.571. The summed E-state index contributed by atoms with van der Waals surface area (Å²) < 4.78 is 1.04. The van der Waals surface area contributed by atoms with Gasteiger partial charge in [-0.15, -0.1) is 0 Å². The van der Waals surface area contributed by atoms with Crippen LogP contribution in [-0.4, -0.2) is 5.11 Å². The Bertz CT molecular complexity index is 336. The van der Waals surface area contributed by atoms with Crippen LogP contribution in [0.2, 0.25) is 0 Å². The van der Waals surface area contributed by atoms with Gasteiger partial charge < -0.3 is 5.11 Å². The molecule has 2 unspecified atom stereocenters. The summed E-state index contributed by atoms with van der Waals surface area (Å²) >= 11 is 3.45. The minimum atomic E-state index is -0.334. The number of halogens is 1. The first-order valence-electron chi connectivity index (χ1n) is 5.98. The predicted molar refractivity (Wildman–Crippen MR) is 72.5 cm³/mol. The molecule has 0 aliphatic carbocycles. The molecule has 0 spiro atoms. The zero-order valence-electron chi connectivity index (χ0n) is 10.3. The molecule has 2 atom stereocenters. The van der Waals surface area contributed by atoms with Gasteiger partial charge in [0.25, 0.3) is 0 Å². The first-order valence-corrected chi connectivity index (χ1v) is 6.78. The lowest BCUT2D eigenvalue weighted by atomic mass is 9.93. The van der Waals surface area contributed by atoms with Crippen molar-refractivity contribution in [3.63, 3.8) is 0 Å². The Hall–Kier alpha value is -0.340. The van der Waals surface area contributed by atoms with Crippen LogP contribution in [-0.2, 0) is 0 Å². The zero-order valence-corrected chi connectivity index (χ0v) is 11.9. The number of aliphatic hydroxyl groups is 1. The minimum Gasteiger partial charge on any atom is -0.388 e. The van der Waals surface area contributed by atoms with E-state index in [4.69, 9.17) is 0 Å². The second-order valence-electron chi connectivity index (χ2n) is 4.65. The molecule has 1 aromatic carbocycles. The summed E-state index contributed by atoms with van der Waals surface area (Å²) in [4.78, 5) is 0. The molecule has 0 saturated heterocycles. The Labute approximate surface area is 107 Å². The highest BCUT2D eigenvalue weighted by Gasteiger charge is 2.14. The first kappa shape index (κ1) is 13.7. The summed E-state index contributed by atoms with van der Waals surface area (Å²) in [6.07, 6.45) is 2.89. The zero-order chi connectivity index (χ0) is 12.1. The summed E-state index contributed by atoms with van der Waals surface area (Å²) in [7, 11) is 0. The first-order chi connectivity index (χ1) is 7.54. The van der Waals surface area contributed by atoms with Crippen LogP contribution < -0.4 is 0 Å². The van der Waals surface area contributed by atoms with E-state index in [0.717, 1.165) is 16.5 Å². The van der Waals surface area contributed by atoms with Crippen molar-refractivity contribution in [3.8, 4) is 0 Å². The second-order valence-corrected chi connectivity index (χ2v) is 5.56. The molecule has 0 aliphatic heterocycles. The van der Waals surface area contributed by atoms with Gasteiger partial charge in [0.15, 0.2) is 0 Å². The number of aryl methyl sites for hydroxylation is 1. The Kier molecular flexibility index (Phi) is 5.50. The minimum absolute atomic E-state index is 0.334. The van der Waals surface area contributed by atoms with Crippen molar-refractivity contribution < 1.29 is 5.11 Å². The molecule has 0 bridgehead atoms. The maximum absolute atomic E-state index is 10.2. The molecule has 0 amide bonds. The Morgan fingerprint density at radius 2 is 2.06 bits per heavy atom. The number of hydrogen-bond acceptors (Lipinski definition) is 1. The van der Waals surface area contributed by atoms with E-state index in [1.807, 2.05) is 18.2 Å². The van der Waals surface area contributed by atoms with Crippen molar-refractivity contribution in [1.29, 1.82) is 0 Å². The van der Waals surface area contributed by atoms with Crippen LogP contribution in [0.1, 0.15) is 50.3 Å². The van der Waals surface area contributed by atoms with Gasteiger partial charge in [0.1, 0.15) is 0 Å². The maximum atomic E-state index is 10.2. The topological polar surface area (TPSA) is 20.2 Å². The SMILES string of the molecule is CCCC(C)CC(O)c1cc(Br)ccc1C. The van der Waals surface area contributed by atoms with E-state index in [-0.39, 0.29) is 6.10 Å². The predicted octanol–water partition coefficient (Wildman–Crippen LogP) is 4.62. The molecule has 1 nitrogen and oxygen atoms in total. The lowest BCUT2D eigenvalue weighted by Crippen LogP contribution is -2.06. The maximum Gasteiger partial charge on any atom is 0.0795 e. The van der Waals surface area contributed by atoms with E-state index >= 15 is 0 Å². The molecule has 16 heavy (non-hydrogen) atoms. The monoisotopic (exact) mass is 284 g/mol. The van der Waals surface area contributed by atoms with Gasteiger partial charge in [-0.05, 0) is 42.5 Å². The van der Waals surface area contributed by atoms with E-state index in [9.17, 15) is 5.11 Å². The second kappa shape index (κ2) is 6.41. The summed E-state index contributed by atoms with van der Waals surface area (Å²) in [6, 6.07) is 6.09. The van der Waals surface area contributed by atoms with Crippen LogP contribution >= 0.6 is 15.9 Å². The molecule has 0 heterocycles. The molecule has 0 aliphatic rings. The van der Waals surface area contributed by atoms with Crippen LogP contribution in [0.4, 0.5) is 0 Å². The third kappa shape index (κ3) is 3.91. The summed E-state index contributed by atoms with van der Waals surface area (Å²) in [5.74, 6) is 0.582. The van der Waals surface area contributed by atoms with Crippen LogP contribution in [0.25, 0.3) is 0 Å². The summed E-state index contributed by atoms with van der Waals surface area (Å²) in [5.41, 5.74) is 2.22.